The highest BCUT2D eigenvalue weighted by Gasteiger charge is 2.07. The van der Waals surface area contributed by atoms with Gasteiger partial charge in [0.2, 0.25) is 5.95 Å². The maximum absolute atomic E-state index is 4.47. The van der Waals surface area contributed by atoms with Crippen LogP contribution in [0.15, 0.2) is 65.3 Å². The molecular weight excluding hydrogens is 326 g/mol. The first-order valence-electron chi connectivity index (χ1n) is 6.79. The Kier molecular flexibility index (Phi) is 4.06. The second-order valence-electron chi connectivity index (χ2n) is 4.87. The number of benzene rings is 2. The average Bonchev–Trinajstić information content (AvgIpc) is 2.89. The Labute approximate surface area is 132 Å². The topological polar surface area (TPSA) is 29.9 Å². The summed E-state index contributed by atoms with van der Waals surface area (Å²) in [6.07, 6.45) is 1.90. The summed E-state index contributed by atoms with van der Waals surface area (Å²) < 4.78 is 3.17. The van der Waals surface area contributed by atoms with E-state index in [4.69, 9.17) is 0 Å². The average molecular weight is 342 g/mol. The molecule has 0 spiro atoms. The number of hydrogen-bond donors (Lipinski definition) is 1. The van der Waals surface area contributed by atoms with Gasteiger partial charge in [-0.1, -0.05) is 58.4 Å². The Morgan fingerprint density at radius 3 is 2.48 bits per heavy atom. The van der Waals surface area contributed by atoms with Gasteiger partial charge in [0.1, 0.15) is 0 Å². The van der Waals surface area contributed by atoms with Crippen LogP contribution in [-0.4, -0.2) is 9.55 Å². The predicted molar refractivity (Wildman–Crippen MR) is 90.1 cm³/mol. The molecule has 106 valence electrons. The van der Waals surface area contributed by atoms with Gasteiger partial charge in [0.25, 0.3) is 0 Å². The highest BCUT2D eigenvalue weighted by atomic mass is 79.9. The molecule has 0 aliphatic rings. The summed E-state index contributed by atoms with van der Waals surface area (Å²) in [7, 11) is 2.03. The fourth-order valence-corrected chi connectivity index (χ4v) is 2.50. The lowest BCUT2D eigenvalue weighted by atomic mass is 10.2. The van der Waals surface area contributed by atoms with Gasteiger partial charge in [-0.25, -0.2) is 4.98 Å². The molecule has 0 saturated heterocycles. The monoisotopic (exact) mass is 341 g/mol. The third-order valence-electron chi connectivity index (χ3n) is 3.42. The van der Waals surface area contributed by atoms with Crippen LogP contribution in [0.3, 0.4) is 0 Å². The van der Waals surface area contributed by atoms with Gasteiger partial charge in [-0.15, -0.1) is 0 Å². The van der Waals surface area contributed by atoms with E-state index in [-0.39, 0.29) is 0 Å². The predicted octanol–water partition coefficient (Wildman–Crippen LogP) is 4.46. The number of halogens is 1. The van der Waals surface area contributed by atoms with Crippen molar-refractivity contribution in [2.24, 2.45) is 7.05 Å². The van der Waals surface area contributed by atoms with E-state index in [1.807, 2.05) is 43.6 Å². The van der Waals surface area contributed by atoms with Crippen LogP contribution >= 0.6 is 15.9 Å². The minimum Gasteiger partial charge on any atom is -0.352 e. The van der Waals surface area contributed by atoms with Gasteiger partial charge in [0.15, 0.2) is 0 Å². The van der Waals surface area contributed by atoms with Crippen LogP contribution in [0.1, 0.15) is 5.56 Å². The number of anilines is 1. The molecule has 1 aromatic heterocycles. The molecular formula is C17H16BrN3. The summed E-state index contributed by atoms with van der Waals surface area (Å²) in [6, 6.07) is 18.6. The number of rotatable bonds is 4. The molecule has 0 aliphatic carbocycles. The Hall–Kier alpha value is -2.07. The maximum Gasteiger partial charge on any atom is 0.203 e. The second-order valence-corrected chi connectivity index (χ2v) is 5.79. The molecule has 0 aliphatic heterocycles. The van der Waals surface area contributed by atoms with Gasteiger partial charge in [-0.2, -0.15) is 0 Å². The van der Waals surface area contributed by atoms with E-state index in [2.05, 4.69) is 55.1 Å². The van der Waals surface area contributed by atoms with E-state index >= 15 is 0 Å². The van der Waals surface area contributed by atoms with E-state index in [1.54, 1.807) is 0 Å². The highest BCUT2D eigenvalue weighted by Crippen LogP contribution is 2.21. The molecule has 3 rings (SSSR count). The SMILES string of the molecule is Cn1c(-c2ccccc2)cnc1NCc1ccc(Br)cc1. The van der Waals surface area contributed by atoms with E-state index in [0.29, 0.717) is 0 Å². The Balaban J connectivity index is 1.75. The Morgan fingerprint density at radius 2 is 1.76 bits per heavy atom. The molecule has 1 N–H and O–H groups in total. The van der Waals surface area contributed by atoms with Crippen molar-refractivity contribution >= 4 is 21.9 Å². The minimum atomic E-state index is 0.756. The zero-order valence-corrected chi connectivity index (χ0v) is 13.3. The fraction of sp³-hybridized carbons (Fsp3) is 0.118. The van der Waals surface area contributed by atoms with E-state index in [0.717, 1.165) is 22.7 Å². The lowest BCUT2D eigenvalue weighted by Crippen LogP contribution is -2.05. The maximum atomic E-state index is 4.47. The first kappa shape index (κ1) is 13.9. The van der Waals surface area contributed by atoms with E-state index in [1.165, 1.54) is 11.1 Å². The lowest BCUT2D eigenvalue weighted by molar-refractivity contribution is 0.907. The molecule has 1 heterocycles. The molecule has 0 atom stereocenters. The van der Waals surface area contributed by atoms with E-state index in [9.17, 15) is 0 Å². The van der Waals surface area contributed by atoms with Crippen LogP contribution in [0, 0.1) is 0 Å². The van der Waals surface area contributed by atoms with Gasteiger partial charge in [-0.3, -0.25) is 0 Å². The summed E-state index contributed by atoms with van der Waals surface area (Å²) in [5, 5.41) is 3.38. The van der Waals surface area contributed by atoms with Crippen LogP contribution < -0.4 is 5.32 Å². The van der Waals surface area contributed by atoms with Gasteiger partial charge in [0, 0.05) is 18.1 Å². The highest BCUT2D eigenvalue weighted by molar-refractivity contribution is 9.10. The Bertz CT molecular complexity index is 718. The molecule has 0 unspecified atom stereocenters. The molecule has 0 radical (unpaired) electrons. The molecule has 0 amide bonds. The molecule has 3 aromatic rings. The second kappa shape index (κ2) is 6.14. The van der Waals surface area contributed by atoms with Gasteiger partial charge in [0.05, 0.1) is 11.9 Å². The molecule has 4 heteroatoms. The van der Waals surface area contributed by atoms with Crippen molar-refractivity contribution in [3.63, 3.8) is 0 Å². The summed E-state index contributed by atoms with van der Waals surface area (Å²) >= 11 is 3.45. The summed E-state index contributed by atoms with van der Waals surface area (Å²) in [5.41, 5.74) is 3.50. The zero-order chi connectivity index (χ0) is 14.7. The Morgan fingerprint density at radius 1 is 1.05 bits per heavy atom. The quantitative estimate of drug-likeness (QED) is 0.759. The molecule has 0 bridgehead atoms. The number of imidazole rings is 1. The van der Waals surface area contributed by atoms with Crippen molar-refractivity contribution in [1.29, 1.82) is 0 Å². The molecule has 3 nitrogen and oxygen atoms in total. The smallest absolute Gasteiger partial charge is 0.203 e. The van der Waals surface area contributed by atoms with Crippen molar-refractivity contribution in [3.05, 3.63) is 70.8 Å². The number of nitrogens with zero attached hydrogens (tertiary/aromatic N) is 2. The first-order valence-corrected chi connectivity index (χ1v) is 7.59. The van der Waals surface area contributed by atoms with Crippen LogP contribution in [0.2, 0.25) is 0 Å². The summed E-state index contributed by atoms with van der Waals surface area (Å²) in [4.78, 5) is 4.47. The van der Waals surface area contributed by atoms with Gasteiger partial charge < -0.3 is 9.88 Å². The number of nitrogens with one attached hydrogen (secondary N) is 1. The standard InChI is InChI=1S/C17H16BrN3/c1-21-16(14-5-3-2-4-6-14)12-20-17(21)19-11-13-7-9-15(18)10-8-13/h2-10,12H,11H2,1H3,(H,19,20). The third-order valence-corrected chi connectivity index (χ3v) is 3.95. The number of aromatic nitrogens is 2. The van der Waals surface area contributed by atoms with Crippen molar-refractivity contribution in [2.45, 2.75) is 6.54 Å². The first-order chi connectivity index (χ1) is 10.2. The molecule has 0 saturated carbocycles. The zero-order valence-electron chi connectivity index (χ0n) is 11.8. The van der Waals surface area contributed by atoms with Crippen molar-refractivity contribution in [1.82, 2.24) is 9.55 Å². The molecule has 2 aromatic carbocycles. The van der Waals surface area contributed by atoms with Crippen LogP contribution in [0.5, 0.6) is 0 Å². The third kappa shape index (κ3) is 3.16. The van der Waals surface area contributed by atoms with Crippen molar-refractivity contribution in [3.8, 4) is 11.3 Å². The van der Waals surface area contributed by atoms with Crippen LogP contribution in [-0.2, 0) is 13.6 Å². The van der Waals surface area contributed by atoms with Gasteiger partial charge >= 0.3 is 0 Å². The summed E-state index contributed by atoms with van der Waals surface area (Å²) in [5.74, 6) is 0.872. The normalized spacial score (nSPS) is 10.6. The fourth-order valence-electron chi connectivity index (χ4n) is 2.23. The van der Waals surface area contributed by atoms with E-state index < -0.39 is 0 Å². The molecule has 0 fully saturated rings. The van der Waals surface area contributed by atoms with Crippen molar-refractivity contribution < 1.29 is 0 Å². The summed E-state index contributed by atoms with van der Waals surface area (Å²) in [6.45, 7) is 0.756. The minimum absolute atomic E-state index is 0.756. The van der Waals surface area contributed by atoms with Crippen molar-refractivity contribution in [2.75, 3.05) is 5.32 Å². The number of hydrogen-bond acceptors (Lipinski definition) is 2. The lowest BCUT2D eigenvalue weighted by Gasteiger charge is -2.08. The largest absolute Gasteiger partial charge is 0.352 e. The van der Waals surface area contributed by atoms with Crippen LogP contribution in [0.25, 0.3) is 11.3 Å². The molecule has 21 heavy (non-hydrogen) atoms. The van der Waals surface area contributed by atoms with Crippen LogP contribution in [0.4, 0.5) is 5.95 Å². The van der Waals surface area contributed by atoms with Gasteiger partial charge in [-0.05, 0) is 23.3 Å².